The van der Waals surface area contributed by atoms with Gasteiger partial charge in [0.2, 0.25) is 20.6 Å². The van der Waals surface area contributed by atoms with Gasteiger partial charge in [-0.3, -0.25) is 40.5 Å². The fourth-order valence-corrected chi connectivity index (χ4v) is 1.30. The van der Waals surface area contributed by atoms with Gasteiger partial charge in [0.1, 0.15) is 0 Å². The van der Waals surface area contributed by atoms with Crippen molar-refractivity contribution < 1.29 is 24.4 Å². The zero-order valence-corrected chi connectivity index (χ0v) is 12.4. The summed E-state index contributed by atoms with van der Waals surface area (Å²) in [5.74, 6) is -6.35. The summed E-state index contributed by atoms with van der Waals surface area (Å²) in [4.78, 5) is 36.6. The molecule has 0 unspecified atom stereocenters. The number of hydrogen-bond acceptors (Lipinski definition) is 16. The summed E-state index contributed by atoms with van der Waals surface area (Å²) >= 11 is 0. The molecule has 0 aromatic carbocycles. The van der Waals surface area contributed by atoms with Crippen LogP contribution in [0.25, 0.3) is 5.43 Å². The maximum atomic E-state index is 10.8. The van der Waals surface area contributed by atoms with Gasteiger partial charge in [0, 0.05) is 0 Å². The first-order chi connectivity index (χ1) is 13.2. The van der Waals surface area contributed by atoms with Crippen molar-refractivity contribution in [2.45, 2.75) is 5.91 Å². The molecule has 28 heavy (non-hydrogen) atoms. The van der Waals surface area contributed by atoms with E-state index >= 15 is 0 Å². The molecule has 0 atom stereocenters. The first kappa shape index (κ1) is 19.1. The monoisotopic (exact) mass is 402 g/mol. The van der Waals surface area contributed by atoms with Gasteiger partial charge >= 0.3 is 11.9 Å². The van der Waals surface area contributed by atoms with Crippen molar-refractivity contribution in [1.82, 2.24) is 30.5 Å². The van der Waals surface area contributed by atoms with Crippen LogP contribution in [0.3, 0.4) is 0 Å². The average Bonchev–Trinajstić information content (AvgIpc) is 3.20. The standard InChI is InChI=1S/C4N15O9/c20-16(21)4(17(22)23,18(24)25)15-9-3(7-14-15)6-13-12-5-1-2(8-19(26)27)11-28-10-1/q-1/b12-5?,13-6+. The third-order valence-corrected chi connectivity index (χ3v) is 2.35. The molecule has 0 spiro atoms. The second-order valence-corrected chi connectivity index (χ2v) is 3.88. The van der Waals surface area contributed by atoms with E-state index in [1.807, 2.05) is 0 Å². The Morgan fingerprint density at radius 3 is 2.14 bits per heavy atom. The summed E-state index contributed by atoms with van der Waals surface area (Å²) < 4.78 is 4.12. The van der Waals surface area contributed by atoms with Crippen LogP contribution in [-0.4, -0.2) is 50.3 Å². The van der Waals surface area contributed by atoms with E-state index in [1.54, 1.807) is 0 Å². The highest BCUT2D eigenvalue weighted by Crippen LogP contribution is 2.27. The molecular formula is C4N15O9-. The molecule has 0 radical (unpaired) electrons. The van der Waals surface area contributed by atoms with Crippen molar-refractivity contribution in [3.05, 3.63) is 45.9 Å². The number of aromatic nitrogens is 6. The smallest absolute Gasteiger partial charge is 0.346 e. The minimum atomic E-state index is -4.19. The van der Waals surface area contributed by atoms with E-state index in [0.717, 1.165) is 0 Å². The van der Waals surface area contributed by atoms with Gasteiger partial charge in [0.25, 0.3) is 0 Å². The van der Waals surface area contributed by atoms with Crippen LogP contribution in [0, 0.1) is 40.5 Å². The quantitative estimate of drug-likeness (QED) is 0.219. The minimum absolute atomic E-state index is 0.520. The molecular weight excluding hydrogens is 402 g/mol. The summed E-state index contributed by atoms with van der Waals surface area (Å²) in [6.07, 6.45) is 0. The molecule has 2 rings (SSSR count). The highest BCUT2D eigenvalue weighted by Gasteiger charge is 2.77. The van der Waals surface area contributed by atoms with E-state index in [9.17, 15) is 40.5 Å². The Bertz CT molecular complexity index is 949. The Morgan fingerprint density at radius 2 is 1.57 bits per heavy atom. The molecule has 0 aliphatic rings. The van der Waals surface area contributed by atoms with Crippen LogP contribution in [-0.2, 0) is 5.91 Å². The molecule has 24 nitrogen and oxygen atoms in total. The van der Waals surface area contributed by atoms with Gasteiger partial charge < -0.3 is 4.63 Å². The molecule has 24 heteroatoms. The van der Waals surface area contributed by atoms with Crippen molar-refractivity contribution in [3.8, 4) is 0 Å². The largest absolute Gasteiger partial charge is 0.837 e. The SMILES string of the molecule is O=[N+]([O-])[N-]c1nonc1N=N/N=N/c1nnn(C([N+](=O)[O-])([N+](=O)[O-])[N+](=O)[O-])n1. The van der Waals surface area contributed by atoms with Gasteiger partial charge in [-0.2, -0.15) is 0 Å². The summed E-state index contributed by atoms with van der Waals surface area (Å²) in [6.45, 7) is 0. The molecule has 0 N–H and O–H groups in total. The van der Waals surface area contributed by atoms with Crippen molar-refractivity contribution in [2.75, 3.05) is 0 Å². The van der Waals surface area contributed by atoms with Gasteiger partial charge in [0.15, 0.2) is 0 Å². The highest BCUT2D eigenvalue weighted by atomic mass is 16.7. The molecule has 0 saturated carbocycles. The lowest BCUT2D eigenvalue weighted by Crippen LogP contribution is -2.56. The predicted octanol–water partition coefficient (Wildman–Crippen LogP) is -0.567. The number of rotatable bonds is 9. The molecule has 0 aliphatic carbocycles. The van der Waals surface area contributed by atoms with Gasteiger partial charge in [0.05, 0.1) is 15.6 Å². The summed E-state index contributed by atoms with van der Waals surface area (Å²) in [6, 6.07) is 0. The van der Waals surface area contributed by atoms with Crippen molar-refractivity contribution in [2.24, 2.45) is 20.7 Å². The van der Waals surface area contributed by atoms with E-state index < -0.39 is 48.1 Å². The Balaban J connectivity index is 2.22. The highest BCUT2D eigenvalue weighted by molar-refractivity contribution is 5.54. The topological polar surface area (TPSA) is 319 Å². The molecule has 0 aliphatic heterocycles. The molecule has 0 amide bonds. The van der Waals surface area contributed by atoms with Crippen LogP contribution in [0.2, 0.25) is 0 Å². The van der Waals surface area contributed by atoms with Crippen LogP contribution in [0.5, 0.6) is 0 Å². The second-order valence-electron chi connectivity index (χ2n) is 3.88. The Kier molecular flexibility index (Phi) is 5.03. The van der Waals surface area contributed by atoms with Gasteiger partial charge in [-0.25, -0.2) is 5.16 Å². The minimum Gasteiger partial charge on any atom is -0.346 e. The Hall–Kier alpha value is -5.19. The van der Waals surface area contributed by atoms with Gasteiger partial charge in [-0.15, -0.1) is 10.5 Å². The van der Waals surface area contributed by atoms with E-state index in [4.69, 9.17) is 0 Å². The van der Waals surface area contributed by atoms with Crippen molar-refractivity contribution in [3.63, 3.8) is 0 Å². The van der Waals surface area contributed by atoms with Crippen LogP contribution in [0.4, 0.5) is 17.6 Å². The number of nitro groups is 4. The fourth-order valence-electron chi connectivity index (χ4n) is 1.30. The van der Waals surface area contributed by atoms with E-state index in [2.05, 4.69) is 56.5 Å². The summed E-state index contributed by atoms with van der Waals surface area (Å²) in [5.41, 5.74) is 2.74. The summed E-state index contributed by atoms with van der Waals surface area (Å²) in [5, 5.41) is 68.6. The predicted molar refractivity (Wildman–Crippen MR) is 70.1 cm³/mol. The van der Waals surface area contributed by atoms with Gasteiger partial charge in [-0.1, -0.05) is 20.5 Å². The van der Waals surface area contributed by atoms with Crippen LogP contribution < -0.4 is 0 Å². The number of hydrogen-bond donors (Lipinski definition) is 0. The van der Waals surface area contributed by atoms with Crippen LogP contribution in [0.1, 0.15) is 0 Å². The third-order valence-electron chi connectivity index (χ3n) is 2.35. The maximum absolute atomic E-state index is 10.8. The fraction of sp³-hybridized carbons (Fsp3) is 0.250. The Labute approximate surface area is 146 Å². The van der Waals surface area contributed by atoms with Crippen molar-refractivity contribution >= 4 is 17.6 Å². The third kappa shape index (κ3) is 3.43. The van der Waals surface area contributed by atoms with E-state index in [-0.39, 0.29) is 0 Å². The Morgan fingerprint density at radius 1 is 0.964 bits per heavy atom. The lowest BCUT2D eigenvalue weighted by Gasteiger charge is -2.04. The zero-order valence-electron chi connectivity index (χ0n) is 12.4. The first-order valence-electron chi connectivity index (χ1n) is 5.94. The lowest BCUT2D eigenvalue weighted by molar-refractivity contribution is -1.01. The van der Waals surface area contributed by atoms with Crippen molar-refractivity contribution in [1.29, 1.82) is 0 Å². The maximum Gasteiger partial charge on any atom is 0.837 e. The molecule has 0 bridgehead atoms. The average molecular weight is 402 g/mol. The molecule has 0 fully saturated rings. The molecule has 146 valence electrons. The number of nitrogens with zero attached hydrogens (tertiary/aromatic N) is 15. The molecule has 0 saturated heterocycles. The van der Waals surface area contributed by atoms with Gasteiger partial charge in [-0.05, 0) is 15.7 Å². The molecule has 2 aromatic heterocycles. The zero-order chi connectivity index (χ0) is 20.9. The second kappa shape index (κ2) is 7.37. The van der Waals surface area contributed by atoms with Crippen LogP contribution in [0.15, 0.2) is 25.3 Å². The van der Waals surface area contributed by atoms with E-state index in [1.165, 1.54) is 0 Å². The summed E-state index contributed by atoms with van der Waals surface area (Å²) in [7, 11) is 0. The normalized spacial score (nSPS) is 11.7. The van der Waals surface area contributed by atoms with E-state index in [0.29, 0.717) is 0 Å². The molecule has 2 aromatic rings. The molecule has 2 heterocycles. The van der Waals surface area contributed by atoms with Crippen LogP contribution >= 0.6 is 0 Å². The lowest BCUT2D eigenvalue weighted by atomic mass is 10.7. The first-order valence-corrected chi connectivity index (χ1v) is 5.94. The number of tetrazole rings is 1.